The first-order valence-electron chi connectivity index (χ1n) is 4.61. The molecule has 1 atom stereocenters. The first kappa shape index (κ1) is 11.1. The predicted molar refractivity (Wildman–Crippen MR) is 63.0 cm³/mol. The van der Waals surface area contributed by atoms with Gasteiger partial charge in [0.2, 0.25) is 0 Å². The van der Waals surface area contributed by atoms with E-state index in [2.05, 4.69) is 21.0 Å². The Hall–Kier alpha value is -1.40. The molecule has 2 rings (SSSR count). The van der Waals surface area contributed by atoms with Gasteiger partial charge in [-0.3, -0.25) is 9.48 Å². The lowest BCUT2D eigenvalue weighted by molar-refractivity contribution is -0.138. The molecule has 2 aromatic rings. The monoisotopic (exact) mass is 283 g/mol. The normalized spacial score (nSPS) is 12.9. The number of hydrogen-bond acceptors (Lipinski definition) is 3. The number of carboxylic acid groups (broad SMARTS) is 1. The van der Waals surface area contributed by atoms with Gasteiger partial charge in [-0.15, -0.1) is 0 Å². The van der Waals surface area contributed by atoms with Crippen molar-refractivity contribution in [2.75, 3.05) is 0 Å². The Labute approximate surface area is 100.0 Å². The number of nitrogens with zero attached hydrogens (tertiary/aromatic N) is 2. The van der Waals surface area contributed by atoms with Crippen molar-refractivity contribution in [2.24, 2.45) is 12.8 Å². The second-order valence-electron chi connectivity index (χ2n) is 3.51. The molecule has 0 saturated carbocycles. The van der Waals surface area contributed by atoms with Gasteiger partial charge in [-0.1, -0.05) is 6.07 Å². The molecule has 0 saturated heterocycles. The lowest BCUT2D eigenvalue weighted by Crippen LogP contribution is -2.20. The van der Waals surface area contributed by atoms with Gasteiger partial charge in [0.15, 0.2) is 0 Å². The van der Waals surface area contributed by atoms with Crippen molar-refractivity contribution in [1.29, 1.82) is 0 Å². The summed E-state index contributed by atoms with van der Waals surface area (Å²) in [5.74, 6) is -1.04. The maximum absolute atomic E-state index is 10.8. The predicted octanol–water partition coefficient (Wildman–Crippen LogP) is 1.42. The van der Waals surface area contributed by atoms with E-state index in [1.54, 1.807) is 23.9 Å². The number of benzene rings is 1. The molecule has 0 radical (unpaired) electrons. The van der Waals surface area contributed by atoms with Gasteiger partial charge in [0, 0.05) is 12.4 Å². The third-order valence-electron chi connectivity index (χ3n) is 2.46. The average molecular weight is 284 g/mol. The van der Waals surface area contributed by atoms with E-state index in [-0.39, 0.29) is 0 Å². The highest BCUT2D eigenvalue weighted by Gasteiger charge is 2.16. The van der Waals surface area contributed by atoms with E-state index >= 15 is 0 Å². The molecule has 0 aliphatic heterocycles. The maximum atomic E-state index is 10.8. The van der Waals surface area contributed by atoms with Gasteiger partial charge < -0.3 is 10.8 Å². The molecule has 3 N–H and O–H groups in total. The van der Waals surface area contributed by atoms with Crippen LogP contribution in [0.3, 0.4) is 0 Å². The van der Waals surface area contributed by atoms with Crippen LogP contribution in [-0.2, 0) is 11.8 Å². The zero-order valence-corrected chi connectivity index (χ0v) is 10.1. The van der Waals surface area contributed by atoms with Crippen LogP contribution in [0.1, 0.15) is 11.6 Å². The van der Waals surface area contributed by atoms with Crippen molar-refractivity contribution < 1.29 is 9.90 Å². The summed E-state index contributed by atoms with van der Waals surface area (Å²) in [6.45, 7) is 0. The van der Waals surface area contributed by atoms with Crippen LogP contribution in [0.25, 0.3) is 10.9 Å². The fourth-order valence-electron chi connectivity index (χ4n) is 1.57. The lowest BCUT2D eigenvalue weighted by Gasteiger charge is -2.06. The first-order valence-corrected chi connectivity index (χ1v) is 5.40. The third kappa shape index (κ3) is 1.70. The highest BCUT2D eigenvalue weighted by Crippen LogP contribution is 2.25. The minimum absolute atomic E-state index is 0.565. The van der Waals surface area contributed by atoms with Gasteiger partial charge in [-0.25, -0.2) is 0 Å². The lowest BCUT2D eigenvalue weighted by atomic mass is 10.1. The molecule has 1 heterocycles. The van der Waals surface area contributed by atoms with E-state index in [9.17, 15) is 4.79 Å². The highest BCUT2D eigenvalue weighted by atomic mass is 79.9. The summed E-state index contributed by atoms with van der Waals surface area (Å²) in [7, 11) is 1.79. The zero-order valence-electron chi connectivity index (χ0n) is 8.51. The number of nitrogens with two attached hydrogens (primary N) is 1. The molecule has 6 heteroatoms. The Morgan fingerprint density at radius 2 is 2.31 bits per heavy atom. The Bertz CT molecular complexity index is 564. The van der Waals surface area contributed by atoms with Gasteiger partial charge in [0.05, 0.1) is 5.52 Å². The van der Waals surface area contributed by atoms with Crippen LogP contribution in [0.2, 0.25) is 0 Å². The second kappa shape index (κ2) is 3.88. The van der Waals surface area contributed by atoms with E-state index in [0.717, 1.165) is 15.5 Å². The van der Waals surface area contributed by atoms with Gasteiger partial charge in [-0.2, -0.15) is 5.10 Å². The van der Waals surface area contributed by atoms with Crippen LogP contribution in [-0.4, -0.2) is 20.9 Å². The first-order chi connectivity index (χ1) is 7.50. The molecule has 0 aliphatic carbocycles. The molecule has 0 amide bonds. The number of halogens is 1. The van der Waals surface area contributed by atoms with Crippen molar-refractivity contribution >= 4 is 32.8 Å². The molecule has 0 aliphatic rings. The van der Waals surface area contributed by atoms with Crippen molar-refractivity contribution in [1.82, 2.24) is 9.78 Å². The quantitative estimate of drug-likeness (QED) is 0.873. The van der Waals surface area contributed by atoms with Crippen LogP contribution in [0.15, 0.2) is 22.8 Å². The number of carboxylic acids is 1. The summed E-state index contributed by atoms with van der Waals surface area (Å²) in [6.07, 6.45) is 0. The molecule has 0 fully saturated rings. The molecule has 1 aromatic heterocycles. The summed E-state index contributed by atoms with van der Waals surface area (Å²) in [5, 5.41) is 13.9. The fraction of sp³-hybridized carbons (Fsp3) is 0.200. The van der Waals surface area contributed by atoms with Gasteiger partial charge in [0.1, 0.15) is 10.6 Å². The molecule has 1 aromatic carbocycles. The fourth-order valence-corrected chi connectivity index (χ4v) is 2.14. The molecular weight excluding hydrogens is 274 g/mol. The van der Waals surface area contributed by atoms with Crippen LogP contribution >= 0.6 is 15.9 Å². The number of aliphatic carboxylic acids is 1. The largest absolute Gasteiger partial charge is 0.480 e. The van der Waals surface area contributed by atoms with Crippen molar-refractivity contribution in [3.8, 4) is 0 Å². The molecule has 1 unspecified atom stereocenters. The second-order valence-corrected chi connectivity index (χ2v) is 4.26. The van der Waals surface area contributed by atoms with E-state index in [4.69, 9.17) is 10.8 Å². The minimum atomic E-state index is -1.04. The topological polar surface area (TPSA) is 81.1 Å². The van der Waals surface area contributed by atoms with E-state index in [0.29, 0.717) is 5.56 Å². The summed E-state index contributed by atoms with van der Waals surface area (Å²) in [4.78, 5) is 10.8. The summed E-state index contributed by atoms with van der Waals surface area (Å²) in [6, 6.07) is 4.25. The van der Waals surface area contributed by atoms with E-state index in [1.165, 1.54) is 0 Å². The van der Waals surface area contributed by atoms with Gasteiger partial charge >= 0.3 is 5.97 Å². The molecule has 16 heavy (non-hydrogen) atoms. The van der Waals surface area contributed by atoms with Crippen LogP contribution in [0, 0.1) is 0 Å². The van der Waals surface area contributed by atoms with Crippen LogP contribution in [0.4, 0.5) is 0 Å². The minimum Gasteiger partial charge on any atom is -0.480 e. The Kier molecular flexibility index (Phi) is 2.69. The van der Waals surface area contributed by atoms with Crippen LogP contribution < -0.4 is 5.73 Å². The average Bonchev–Trinajstić information content (AvgIpc) is 2.53. The molecular formula is C10H10BrN3O2. The van der Waals surface area contributed by atoms with Crippen molar-refractivity contribution in [2.45, 2.75) is 6.04 Å². The Morgan fingerprint density at radius 3 is 2.94 bits per heavy atom. The number of hydrogen-bond donors (Lipinski definition) is 2. The molecule has 5 nitrogen and oxygen atoms in total. The molecule has 84 valence electrons. The zero-order chi connectivity index (χ0) is 11.9. The van der Waals surface area contributed by atoms with E-state index < -0.39 is 12.0 Å². The Morgan fingerprint density at radius 1 is 1.62 bits per heavy atom. The third-order valence-corrected chi connectivity index (χ3v) is 3.04. The van der Waals surface area contributed by atoms with Crippen molar-refractivity contribution in [3.05, 3.63) is 28.4 Å². The number of aryl methyl sites for hydroxylation is 1. The summed E-state index contributed by atoms with van der Waals surface area (Å²) in [5.41, 5.74) is 6.96. The molecule has 0 bridgehead atoms. The number of fused-ring (bicyclic) bond motifs is 1. The summed E-state index contributed by atoms with van der Waals surface area (Å²) < 4.78 is 2.41. The highest BCUT2D eigenvalue weighted by molar-refractivity contribution is 9.10. The van der Waals surface area contributed by atoms with Crippen LogP contribution in [0.5, 0.6) is 0 Å². The molecule has 0 spiro atoms. The maximum Gasteiger partial charge on any atom is 0.325 e. The number of aromatic nitrogens is 2. The van der Waals surface area contributed by atoms with Crippen molar-refractivity contribution in [3.63, 3.8) is 0 Å². The Balaban J connectivity index is 2.60. The summed E-state index contributed by atoms with van der Waals surface area (Å²) >= 11 is 3.33. The van der Waals surface area contributed by atoms with Gasteiger partial charge in [-0.05, 0) is 33.6 Å². The standard InChI is InChI=1S/C10H10BrN3O2/c1-14-7-4-5(8(12)10(15)16)2-3-6(7)9(11)13-14/h2-4,8H,12H2,1H3,(H,15,16). The van der Waals surface area contributed by atoms with E-state index in [1.807, 2.05) is 6.07 Å². The smallest absolute Gasteiger partial charge is 0.325 e. The number of carbonyl (C=O) groups is 1. The van der Waals surface area contributed by atoms with Gasteiger partial charge in [0.25, 0.3) is 0 Å². The number of rotatable bonds is 2. The SMILES string of the molecule is Cn1nc(Br)c2ccc(C(N)C(=O)O)cc21.